The molecular weight excluding hydrogens is 330 g/mol. The molecule has 0 bridgehead atoms. The van der Waals surface area contributed by atoms with Crippen LogP contribution in [0, 0.1) is 5.92 Å². The normalized spacial score (nSPS) is 23.1. The van der Waals surface area contributed by atoms with E-state index in [1.807, 2.05) is 36.4 Å². The number of nitrogens with two attached hydrogens (primary N) is 1. The van der Waals surface area contributed by atoms with Crippen LogP contribution in [0.25, 0.3) is 0 Å². The maximum Gasteiger partial charge on any atom is 0.220 e. The second kappa shape index (κ2) is 9.71. The van der Waals surface area contributed by atoms with Crippen molar-refractivity contribution in [3.05, 3.63) is 42.0 Å². The van der Waals surface area contributed by atoms with E-state index in [4.69, 9.17) is 15.2 Å². The molecule has 0 unspecified atom stereocenters. The van der Waals surface area contributed by atoms with E-state index in [9.17, 15) is 4.79 Å². The Hall–Kier alpha value is -1.89. The summed E-state index contributed by atoms with van der Waals surface area (Å²) >= 11 is 0. The highest BCUT2D eigenvalue weighted by atomic mass is 16.5. The number of amides is 1. The molecule has 1 saturated heterocycles. The van der Waals surface area contributed by atoms with E-state index >= 15 is 0 Å². The third kappa shape index (κ3) is 6.12. The maximum absolute atomic E-state index is 12.1. The Balaban J connectivity index is 1.37. The summed E-state index contributed by atoms with van der Waals surface area (Å²) in [6.45, 7) is 5.62. The van der Waals surface area contributed by atoms with E-state index < -0.39 is 0 Å². The van der Waals surface area contributed by atoms with Gasteiger partial charge in [-0.15, -0.1) is 0 Å². The van der Waals surface area contributed by atoms with Gasteiger partial charge in [-0.05, 0) is 30.0 Å². The molecule has 1 aromatic carbocycles. The molecule has 2 aliphatic rings. The van der Waals surface area contributed by atoms with E-state index in [2.05, 4.69) is 10.2 Å². The summed E-state index contributed by atoms with van der Waals surface area (Å²) in [5, 5.41) is 2.98. The SMILES string of the molecule is N[C@@H]1C=C[C@H](CC(=O)NCc2cccc(OCCN3CCOCC3)c2)C1. The van der Waals surface area contributed by atoms with Crippen molar-refractivity contribution in [3.8, 4) is 5.75 Å². The summed E-state index contributed by atoms with van der Waals surface area (Å²) < 4.78 is 11.2. The van der Waals surface area contributed by atoms with Gasteiger partial charge in [-0.1, -0.05) is 24.3 Å². The smallest absolute Gasteiger partial charge is 0.220 e. The van der Waals surface area contributed by atoms with Gasteiger partial charge in [0.1, 0.15) is 12.4 Å². The maximum atomic E-state index is 12.1. The lowest BCUT2D eigenvalue weighted by molar-refractivity contribution is -0.121. The first-order valence-corrected chi connectivity index (χ1v) is 9.41. The molecule has 0 aromatic heterocycles. The van der Waals surface area contributed by atoms with Crippen molar-refractivity contribution in [2.24, 2.45) is 11.7 Å². The number of nitrogens with one attached hydrogen (secondary N) is 1. The average molecular weight is 359 g/mol. The Kier molecular flexibility index (Phi) is 7.05. The number of morpholine rings is 1. The highest BCUT2D eigenvalue weighted by molar-refractivity contribution is 5.76. The third-order valence-corrected chi connectivity index (χ3v) is 4.82. The van der Waals surface area contributed by atoms with Crippen molar-refractivity contribution in [2.45, 2.75) is 25.4 Å². The molecule has 6 heteroatoms. The number of nitrogens with zero attached hydrogens (tertiary/aromatic N) is 1. The summed E-state index contributed by atoms with van der Waals surface area (Å²) in [6.07, 6.45) is 5.39. The minimum absolute atomic E-state index is 0.0624. The van der Waals surface area contributed by atoms with Gasteiger partial charge >= 0.3 is 0 Å². The van der Waals surface area contributed by atoms with Crippen LogP contribution < -0.4 is 15.8 Å². The molecule has 1 fully saturated rings. The van der Waals surface area contributed by atoms with Crippen molar-refractivity contribution >= 4 is 5.91 Å². The van der Waals surface area contributed by atoms with Gasteiger partial charge in [0.25, 0.3) is 0 Å². The number of hydrogen-bond acceptors (Lipinski definition) is 5. The van der Waals surface area contributed by atoms with Crippen LogP contribution in [0.1, 0.15) is 18.4 Å². The van der Waals surface area contributed by atoms with Crippen LogP contribution in [0.3, 0.4) is 0 Å². The predicted octanol–water partition coefficient (Wildman–Crippen LogP) is 1.31. The molecule has 6 nitrogen and oxygen atoms in total. The fourth-order valence-electron chi connectivity index (χ4n) is 3.33. The summed E-state index contributed by atoms with van der Waals surface area (Å²) in [5.74, 6) is 1.17. The molecule has 142 valence electrons. The standard InChI is InChI=1S/C20H29N3O3/c21-18-5-4-16(12-18)14-20(24)22-15-17-2-1-3-19(13-17)26-11-8-23-6-9-25-10-7-23/h1-5,13,16,18H,6-12,14-15,21H2,(H,22,24)/t16-,18+/m0/s1. The number of benzene rings is 1. The van der Waals surface area contributed by atoms with Gasteiger partial charge in [0, 0.05) is 38.6 Å². The Labute approximate surface area is 155 Å². The molecule has 1 aliphatic carbocycles. The molecule has 3 rings (SSSR count). The Morgan fingerprint density at radius 1 is 1.31 bits per heavy atom. The van der Waals surface area contributed by atoms with Crippen molar-refractivity contribution in [1.82, 2.24) is 10.2 Å². The van der Waals surface area contributed by atoms with Crippen LogP contribution >= 0.6 is 0 Å². The largest absolute Gasteiger partial charge is 0.492 e. The number of carbonyl (C=O) groups excluding carboxylic acids is 1. The van der Waals surface area contributed by atoms with Crippen LogP contribution in [-0.2, 0) is 16.1 Å². The number of ether oxygens (including phenoxy) is 2. The molecule has 0 saturated carbocycles. The van der Waals surface area contributed by atoms with Crippen molar-refractivity contribution in [2.75, 3.05) is 39.5 Å². The molecule has 1 amide bonds. The van der Waals surface area contributed by atoms with Crippen LogP contribution in [-0.4, -0.2) is 56.3 Å². The quantitative estimate of drug-likeness (QED) is 0.685. The average Bonchev–Trinajstić information content (AvgIpc) is 3.06. The molecule has 26 heavy (non-hydrogen) atoms. The highest BCUT2D eigenvalue weighted by Crippen LogP contribution is 2.20. The lowest BCUT2D eigenvalue weighted by Gasteiger charge is -2.26. The zero-order valence-corrected chi connectivity index (χ0v) is 15.2. The van der Waals surface area contributed by atoms with Crippen LogP contribution in [0.5, 0.6) is 5.75 Å². The van der Waals surface area contributed by atoms with E-state index in [-0.39, 0.29) is 17.9 Å². The number of carbonyl (C=O) groups is 1. The van der Waals surface area contributed by atoms with Gasteiger partial charge in [0.15, 0.2) is 0 Å². The second-order valence-electron chi connectivity index (χ2n) is 6.98. The fraction of sp³-hybridized carbons (Fsp3) is 0.550. The van der Waals surface area contributed by atoms with Gasteiger partial charge in [0.05, 0.1) is 13.2 Å². The van der Waals surface area contributed by atoms with Crippen molar-refractivity contribution in [3.63, 3.8) is 0 Å². The number of allylic oxidation sites excluding steroid dienone is 1. The Morgan fingerprint density at radius 2 is 2.15 bits per heavy atom. The monoisotopic (exact) mass is 359 g/mol. The third-order valence-electron chi connectivity index (χ3n) is 4.82. The molecule has 1 heterocycles. The summed E-state index contributed by atoms with van der Waals surface area (Å²) in [5.41, 5.74) is 6.87. The topological polar surface area (TPSA) is 76.8 Å². The fourth-order valence-corrected chi connectivity index (χ4v) is 3.33. The zero-order valence-electron chi connectivity index (χ0n) is 15.2. The first kappa shape index (κ1) is 18.9. The summed E-state index contributed by atoms with van der Waals surface area (Å²) in [4.78, 5) is 14.4. The van der Waals surface area contributed by atoms with Crippen LogP contribution in [0.2, 0.25) is 0 Å². The van der Waals surface area contributed by atoms with Crippen molar-refractivity contribution < 1.29 is 14.3 Å². The Morgan fingerprint density at radius 3 is 2.92 bits per heavy atom. The minimum Gasteiger partial charge on any atom is -0.492 e. The zero-order chi connectivity index (χ0) is 18.2. The lowest BCUT2D eigenvalue weighted by Crippen LogP contribution is -2.38. The number of hydrogen-bond donors (Lipinski definition) is 2. The van der Waals surface area contributed by atoms with Gasteiger partial charge in [0.2, 0.25) is 5.91 Å². The van der Waals surface area contributed by atoms with E-state index in [0.717, 1.165) is 50.6 Å². The van der Waals surface area contributed by atoms with Gasteiger partial charge in [-0.3, -0.25) is 9.69 Å². The Bertz CT molecular complexity index is 614. The van der Waals surface area contributed by atoms with Crippen LogP contribution in [0.4, 0.5) is 0 Å². The summed E-state index contributed by atoms with van der Waals surface area (Å²) in [6, 6.07) is 8.00. The minimum atomic E-state index is 0.0624. The predicted molar refractivity (Wildman–Crippen MR) is 101 cm³/mol. The number of rotatable bonds is 8. The highest BCUT2D eigenvalue weighted by Gasteiger charge is 2.18. The van der Waals surface area contributed by atoms with E-state index in [0.29, 0.717) is 19.6 Å². The molecular formula is C20H29N3O3. The van der Waals surface area contributed by atoms with Crippen molar-refractivity contribution in [1.29, 1.82) is 0 Å². The van der Waals surface area contributed by atoms with Gasteiger partial charge in [-0.2, -0.15) is 0 Å². The van der Waals surface area contributed by atoms with Crippen LogP contribution in [0.15, 0.2) is 36.4 Å². The lowest BCUT2D eigenvalue weighted by atomic mass is 10.0. The second-order valence-corrected chi connectivity index (χ2v) is 6.98. The first-order chi connectivity index (χ1) is 12.7. The van der Waals surface area contributed by atoms with E-state index in [1.54, 1.807) is 0 Å². The molecule has 3 N–H and O–H groups in total. The molecule has 1 aromatic rings. The molecule has 2 atom stereocenters. The van der Waals surface area contributed by atoms with E-state index in [1.165, 1.54) is 0 Å². The first-order valence-electron chi connectivity index (χ1n) is 9.41. The molecule has 1 aliphatic heterocycles. The molecule has 0 radical (unpaired) electrons. The molecule has 0 spiro atoms. The van der Waals surface area contributed by atoms with Gasteiger partial charge < -0.3 is 20.5 Å². The summed E-state index contributed by atoms with van der Waals surface area (Å²) in [7, 11) is 0. The van der Waals surface area contributed by atoms with Gasteiger partial charge in [-0.25, -0.2) is 0 Å².